The molecule has 2 aromatic rings. The number of pyridine rings is 1. The highest BCUT2D eigenvalue weighted by atomic mass is 14.6. The summed E-state index contributed by atoms with van der Waals surface area (Å²) in [5, 5.41) is 0. The molecule has 1 nitrogen and oxygen atoms in total. The number of aromatic nitrogens is 1. The van der Waals surface area contributed by atoms with Crippen LogP contribution in [0.15, 0.2) is 36.5 Å². The third-order valence-electron chi connectivity index (χ3n) is 5.12. The highest BCUT2D eigenvalue weighted by Crippen LogP contribution is 2.45. The van der Waals surface area contributed by atoms with Crippen LogP contribution in [-0.2, 0) is 10.8 Å². The molecule has 0 spiro atoms. The lowest BCUT2D eigenvalue weighted by Gasteiger charge is -2.41. The second kappa shape index (κ2) is 5.53. The number of fused-ring (bicyclic) bond motifs is 1. The smallest absolute Gasteiger partial charge is 0.0432 e. The van der Waals surface area contributed by atoms with Gasteiger partial charge in [-0.15, -0.1) is 0 Å². The summed E-state index contributed by atoms with van der Waals surface area (Å²) in [6, 6.07) is 10.8. The molecule has 0 N–H and O–H groups in total. The molecule has 23 heavy (non-hydrogen) atoms. The Morgan fingerprint density at radius 3 is 2.09 bits per heavy atom. The Labute approximate surface area is 140 Å². The highest BCUT2D eigenvalue weighted by Gasteiger charge is 2.36. The largest absolute Gasteiger partial charge is 0.260 e. The molecule has 0 bridgehead atoms. The van der Waals surface area contributed by atoms with Crippen molar-refractivity contribution in [3.63, 3.8) is 0 Å². The van der Waals surface area contributed by atoms with Crippen molar-refractivity contribution in [3.8, 4) is 11.8 Å². The van der Waals surface area contributed by atoms with Crippen molar-refractivity contribution in [1.29, 1.82) is 0 Å². The van der Waals surface area contributed by atoms with Crippen LogP contribution in [0.25, 0.3) is 0 Å². The first-order chi connectivity index (χ1) is 10.8. The van der Waals surface area contributed by atoms with Crippen molar-refractivity contribution < 1.29 is 0 Å². The molecule has 1 heteroatoms. The van der Waals surface area contributed by atoms with Gasteiger partial charge in [-0.3, -0.25) is 4.98 Å². The summed E-state index contributed by atoms with van der Waals surface area (Å²) in [6.07, 6.45) is 4.31. The lowest BCUT2D eigenvalue weighted by Crippen LogP contribution is -2.33. The molecule has 1 aromatic heterocycles. The fraction of sp³-hybridized carbons (Fsp3) is 0.409. The van der Waals surface area contributed by atoms with Gasteiger partial charge in [0.1, 0.15) is 0 Å². The van der Waals surface area contributed by atoms with E-state index in [-0.39, 0.29) is 10.8 Å². The van der Waals surface area contributed by atoms with Crippen molar-refractivity contribution >= 4 is 0 Å². The second-order valence-electron chi connectivity index (χ2n) is 7.97. The van der Waals surface area contributed by atoms with Crippen molar-refractivity contribution in [2.24, 2.45) is 0 Å². The maximum atomic E-state index is 4.30. The summed E-state index contributed by atoms with van der Waals surface area (Å²) in [5.74, 6) is 6.54. The van der Waals surface area contributed by atoms with Crippen LogP contribution in [0.2, 0.25) is 0 Å². The lowest BCUT2D eigenvalue weighted by atomic mass is 9.63. The van der Waals surface area contributed by atoms with E-state index in [9.17, 15) is 0 Å². The maximum absolute atomic E-state index is 4.30. The summed E-state index contributed by atoms with van der Waals surface area (Å²) in [5.41, 5.74) is 6.52. The van der Waals surface area contributed by atoms with Crippen molar-refractivity contribution in [2.45, 2.75) is 58.3 Å². The number of benzene rings is 1. The van der Waals surface area contributed by atoms with Gasteiger partial charge in [0.05, 0.1) is 0 Å². The van der Waals surface area contributed by atoms with Crippen LogP contribution in [-0.4, -0.2) is 4.98 Å². The molecule has 1 aliphatic carbocycles. The van der Waals surface area contributed by atoms with E-state index < -0.39 is 0 Å². The number of aryl methyl sites for hydroxylation is 1. The standard InChI is InChI=1S/C22H25N/c1-16-6-7-18(15-23-16)9-8-17-10-11-19-20(14-17)22(4,5)13-12-21(19,2)3/h6-7,10-11,14-15H,12-13H2,1-5H3. The molecule has 0 atom stereocenters. The van der Waals surface area contributed by atoms with Gasteiger partial charge in [-0.2, -0.15) is 0 Å². The highest BCUT2D eigenvalue weighted by molar-refractivity contribution is 5.49. The van der Waals surface area contributed by atoms with Gasteiger partial charge < -0.3 is 0 Å². The zero-order chi connectivity index (χ0) is 16.7. The quantitative estimate of drug-likeness (QED) is 0.614. The predicted molar refractivity (Wildman–Crippen MR) is 96.7 cm³/mol. The van der Waals surface area contributed by atoms with Crippen LogP contribution in [0, 0.1) is 18.8 Å². The van der Waals surface area contributed by atoms with Gasteiger partial charge in [0.15, 0.2) is 0 Å². The Morgan fingerprint density at radius 2 is 1.43 bits per heavy atom. The van der Waals surface area contributed by atoms with E-state index in [1.54, 1.807) is 0 Å². The van der Waals surface area contributed by atoms with Crippen molar-refractivity contribution in [1.82, 2.24) is 4.98 Å². The molecule has 0 fully saturated rings. The number of hydrogen-bond acceptors (Lipinski definition) is 1. The minimum Gasteiger partial charge on any atom is -0.260 e. The average molecular weight is 303 g/mol. The van der Waals surface area contributed by atoms with Gasteiger partial charge in [0, 0.05) is 23.0 Å². The normalized spacial score (nSPS) is 17.8. The minimum atomic E-state index is 0.230. The third kappa shape index (κ3) is 3.17. The van der Waals surface area contributed by atoms with Gasteiger partial charge in [-0.05, 0) is 66.0 Å². The topological polar surface area (TPSA) is 12.9 Å². The SMILES string of the molecule is Cc1ccc(C#Cc2ccc3c(c2)C(C)(C)CCC3(C)C)cn1. The summed E-state index contributed by atoms with van der Waals surface area (Å²) >= 11 is 0. The van der Waals surface area contributed by atoms with Crippen LogP contribution >= 0.6 is 0 Å². The lowest BCUT2D eigenvalue weighted by molar-refractivity contribution is 0.332. The first-order valence-corrected chi connectivity index (χ1v) is 8.38. The summed E-state index contributed by atoms with van der Waals surface area (Å²) in [6.45, 7) is 11.4. The Morgan fingerprint density at radius 1 is 0.826 bits per heavy atom. The van der Waals surface area contributed by atoms with Crippen LogP contribution in [0.4, 0.5) is 0 Å². The molecule has 0 aliphatic heterocycles. The molecule has 0 amide bonds. The monoisotopic (exact) mass is 303 g/mol. The second-order valence-corrected chi connectivity index (χ2v) is 7.97. The summed E-state index contributed by atoms with van der Waals surface area (Å²) in [7, 11) is 0. The van der Waals surface area contributed by atoms with E-state index in [0.717, 1.165) is 16.8 Å². The van der Waals surface area contributed by atoms with Gasteiger partial charge in [-0.1, -0.05) is 45.6 Å². The van der Waals surface area contributed by atoms with Crippen molar-refractivity contribution in [3.05, 3.63) is 64.5 Å². The zero-order valence-electron chi connectivity index (χ0n) is 14.8. The number of rotatable bonds is 0. The molecule has 0 saturated carbocycles. The Balaban J connectivity index is 1.99. The molecule has 3 rings (SSSR count). The number of hydrogen-bond donors (Lipinski definition) is 0. The van der Waals surface area contributed by atoms with Gasteiger partial charge in [0.2, 0.25) is 0 Å². The molecule has 1 heterocycles. The first-order valence-electron chi connectivity index (χ1n) is 8.38. The molecular formula is C22H25N. The van der Waals surface area contributed by atoms with Gasteiger partial charge in [0.25, 0.3) is 0 Å². The van der Waals surface area contributed by atoms with E-state index in [1.165, 1.54) is 24.0 Å². The fourth-order valence-corrected chi connectivity index (χ4v) is 3.35. The minimum absolute atomic E-state index is 0.230. The first kappa shape index (κ1) is 15.8. The number of nitrogens with zero attached hydrogens (tertiary/aromatic N) is 1. The van der Waals surface area contributed by atoms with E-state index in [2.05, 4.69) is 62.7 Å². The predicted octanol–water partition coefficient (Wildman–Crippen LogP) is 5.14. The molecule has 0 saturated heterocycles. The van der Waals surface area contributed by atoms with Crippen molar-refractivity contribution in [2.75, 3.05) is 0 Å². The van der Waals surface area contributed by atoms with Gasteiger partial charge in [-0.25, -0.2) is 0 Å². The average Bonchev–Trinajstić information content (AvgIpc) is 2.51. The van der Waals surface area contributed by atoms with Crippen LogP contribution < -0.4 is 0 Å². The summed E-state index contributed by atoms with van der Waals surface area (Å²) < 4.78 is 0. The van der Waals surface area contributed by atoms with Crippen LogP contribution in [0.5, 0.6) is 0 Å². The Kier molecular flexibility index (Phi) is 3.80. The molecular weight excluding hydrogens is 278 g/mol. The maximum Gasteiger partial charge on any atom is 0.0432 e. The Bertz CT molecular complexity index is 783. The van der Waals surface area contributed by atoms with Gasteiger partial charge >= 0.3 is 0 Å². The van der Waals surface area contributed by atoms with E-state index in [1.807, 2.05) is 25.3 Å². The molecule has 1 aromatic carbocycles. The fourth-order valence-electron chi connectivity index (χ4n) is 3.35. The van der Waals surface area contributed by atoms with Crippen LogP contribution in [0.1, 0.15) is 68.5 Å². The molecule has 0 radical (unpaired) electrons. The molecule has 118 valence electrons. The molecule has 0 unspecified atom stereocenters. The van der Waals surface area contributed by atoms with E-state index in [0.29, 0.717) is 0 Å². The Hall–Kier alpha value is -2.07. The summed E-state index contributed by atoms with van der Waals surface area (Å²) in [4.78, 5) is 4.30. The zero-order valence-corrected chi connectivity index (χ0v) is 14.8. The third-order valence-corrected chi connectivity index (χ3v) is 5.12. The van der Waals surface area contributed by atoms with E-state index >= 15 is 0 Å². The van der Waals surface area contributed by atoms with Crippen LogP contribution in [0.3, 0.4) is 0 Å². The van der Waals surface area contributed by atoms with E-state index in [4.69, 9.17) is 0 Å². The molecule has 1 aliphatic rings.